The lowest BCUT2D eigenvalue weighted by molar-refractivity contribution is -0.143. The third-order valence-electron chi connectivity index (χ3n) is 3.98. The van der Waals surface area contributed by atoms with Crippen LogP contribution < -0.4 is 9.47 Å². The first-order chi connectivity index (χ1) is 12.2. The number of hydrogen-bond acceptors (Lipinski definition) is 6. The lowest BCUT2D eigenvalue weighted by Gasteiger charge is -2.17. The van der Waals surface area contributed by atoms with Crippen molar-refractivity contribution in [3.8, 4) is 11.5 Å². The number of aliphatic imine (C=N–C) groups is 1. The van der Waals surface area contributed by atoms with Crippen molar-refractivity contribution in [2.75, 3.05) is 21.3 Å². The maximum Gasteiger partial charge on any atom is 0.335 e. The minimum Gasteiger partial charge on any atom is -0.497 e. The van der Waals surface area contributed by atoms with Crippen molar-refractivity contribution in [2.24, 2.45) is 4.99 Å². The van der Waals surface area contributed by atoms with Crippen molar-refractivity contribution in [2.45, 2.75) is 12.1 Å². The predicted molar refractivity (Wildman–Crippen MR) is 92.2 cm³/mol. The number of rotatable bonds is 5. The van der Waals surface area contributed by atoms with E-state index < -0.39 is 18.1 Å². The molecule has 0 aliphatic carbocycles. The molecule has 0 fully saturated rings. The standard InChI is InChI=1S/C19H19NO5/c1-22-14-9-7-12(8-10-14)18-20-16(19(21)24-3)17(25-18)13-5-4-6-15(11-13)23-2/h4-11,16-17H,1-3H3/t16-,17?/m0/s1. The van der Waals surface area contributed by atoms with Crippen molar-refractivity contribution >= 4 is 11.9 Å². The second kappa shape index (κ2) is 7.25. The summed E-state index contributed by atoms with van der Waals surface area (Å²) in [5.74, 6) is 1.36. The summed E-state index contributed by atoms with van der Waals surface area (Å²) in [6.45, 7) is 0. The predicted octanol–water partition coefficient (Wildman–Crippen LogP) is 2.76. The Labute approximate surface area is 146 Å². The number of hydrogen-bond donors (Lipinski definition) is 0. The van der Waals surface area contributed by atoms with Gasteiger partial charge in [0.15, 0.2) is 12.1 Å². The first-order valence-electron chi connectivity index (χ1n) is 7.77. The van der Waals surface area contributed by atoms with E-state index in [4.69, 9.17) is 18.9 Å². The highest BCUT2D eigenvalue weighted by Crippen LogP contribution is 2.33. The van der Waals surface area contributed by atoms with Crippen LogP contribution in [0.4, 0.5) is 0 Å². The molecule has 0 bridgehead atoms. The van der Waals surface area contributed by atoms with Crippen LogP contribution in [-0.4, -0.2) is 39.2 Å². The van der Waals surface area contributed by atoms with Gasteiger partial charge in [-0.15, -0.1) is 0 Å². The molecule has 0 saturated carbocycles. The van der Waals surface area contributed by atoms with E-state index in [0.717, 1.165) is 16.9 Å². The van der Waals surface area contributed by atoms with Crippen molar-refractivity contribution in [3.63, 3.8) is 0 Å². The monoisotopic (exact) mass is 341 g/mol. The van der Waals surface area contributed by atoms with Gasteiger partial charge in [-0.2, -0.15) is 0 Å². The molecule has 3 rings (SSSR count). The highest BCUT2D eigenvalue weighted by atomic mass is 16.5. The summed E-state index contributed by atoms with van der Waals surface area (Å²) in [5, 5.41) is 0. The van der Waals surface area contributed by atoms with Gasteiger partial charge in [0.25, 0.3) is 0 Å². The molecule has 0 amide bonds. The van der Waals surface area contributed by atoms with Crippen LogP contribution in [-0.2, 0) is 14.3 Å². The van der Waals surface area contributed by atoms with Gasteiger partial charge >= 0.3 is 5.97 Å². The molecule has 2 aromatic carbocycles. The molecular formula is C19H19NO5. The number of nitrogens with zero attached hydrogens (tertiary/aromatic N) is 1. The number of esters is 1. The molecule has 6 heteroatoms. The molecule has 6 nitrogen and oxygen atoms in total. The quantitative estimate of drug-likeness (QED) is 0.783. The molecule has 1 aliphatic rings. The number of carbonyl (C=O) groups is 1. The van der Waals surface area contributed by atoms with E-state index >= 15 is 0 Å². The number of benzene rings is 2. The SMILES string of the molecule is COC(=O)[C@H]1N=C(c2ccc(OC)cc2)OC1c1cccc(OC)c1. The number of methoxy groups -OCH3 is 3. The van der Waals surface area contributed by atoms with Gasteiger partial charge < -0.3 is 18.9 Å². The van der Waals surface area contributed by atoms with E-state index in [9.17, 15) is 4.79 Å². The summed E-state index contributed by atoms with van der Waals surface area (Å²) < 4.78 is 21.3. The van der Waals surface area contributed by atoms with Crippen LogP contribution >= 0.6 is 0 Å². The molecular weight excluding hydrogens is 322 g/mol. The Hall–Kier alpha value is -3.02. The third kappa shape index (κ3) is 3.42. The average Bonchev–Trinajstić information content (AvgIpc) is 3.13. The lowest BCUT2D eigenvalue weighted by Crippen LogP contribution is -2.25. The van der Waals surface area contributed by atoms with E-state index in [0.29, 0.717) is 11.6 Å². The summed E-state index contributed by atoms with van der Waals surface area (Å²) in [4.78, 5) is 16.6. The molecule has 0 spiro atoms. The van der Waals surface area contributed by atoms with Gasteiger partial charge in [-0.3, -0.25) is 0 Å². The summed E-state index contributed by atoms with van der Waals surface area (Å²) >= 11 is 0. The Morgan fingerprint density at radius 1 is 1.00 bits per heavy atom. The highest BCUT2D eigenvalue weighted by molar-refractivity contribution is 5.98. The fourth-order valence-corrected chi connectivity index (χ4v) is 2.65. The topological polar surface area (TPSA) is 66.4 Å². The second-order valence-electron chi connectivity index (χ2n) is 5.45. The Morgan fingerprint density at radius 2 is 1.72 bits per heavy atom. The number of carbonyl (C=O) groups excluding carboxylic acids is 1. The van der Waals surface area contributed by atoms with Crippen LogP contribution in [0.25, 0.3) is 0 Å². The molecule has 1 unspecified atom stereocenters. The van der Waals surface area contributed by atoms with Crippen molar-refractivity contribution < 1.29 is 23.7 Å². The summed E-state index contributed by atoms with van der Waals surface area (Å²) in [6, 6.07) is 13.9. The maximum atomic E-state index is 12.2. The molecule has 2 aromatic rings. The number of ether oxygens (including phenoxy) is 4. The van der Waals surface area contributed by atoms with Gasteiger partial charge in [0.1, 0.15) is 11.5 Å². The molecule has 0 saturated heterocycles. The van der Waals surface area contributed by atoms with Gasteiger partial charge in [-0.1, -0.05) is 12.1 Å². The van der Waals surface area contributed by atoms with E-state index in [-0.39, 0.29) is 0 Å². The highest BCUT2D eigenvalue weighted by Gasteiger charge is 2.39. The lowest BCUT2D eigenvalue weighted by atomic mass is 10.0. The van der Waals surface area contributed by atoms with Crippen LogP contribution in [0, 0.1) is 0 Å². The summed E-state index contributed by atoms with van der Waals surface area (Å²) in [7, 11) is 4.53. The molecule has 0 N–H and O–H groups in total. The normalized spacial score (nSPS) is 18.9. The van der Waals surface area contributed by atoms with Crippen molar-refractivity contribution in [3.05, 3.63) is 59.7 Å². The molecule has 2 atom stereocenters. The Kier molecular flexibility index (Phi) is 4.88. The Balaban J connectivity index is 1.93. The third-order valence-corrected chi connectivity index (χ3v) is 3.98. The van der Waals surface area contributed by atoms with Crippen LogP contribution in [0.3, 0.4) is 0 Å². The smallest absolute Gasteiger partial charge is 0.335 e. The maximum absolute atomic E-state index is 12.2. The molecule has 1 aliphatic heterocycles. The molecule has 0 radical (unpaired) electrons. The van der Waals surface area contributed by atoms with Crippen LogP contribution in [0.5, 0.6) is 11.5 Å². The van der Waals surface area contributed by atoms with Crippen LogP contribution in [0.1, 0.15) is 17.2 Å². The largest absolute Gasteiger partial charge is 0.497 e. The zero-order valence-corrected chi connectivity index (χ0v) is 14.3. The molecule has 25 heavy (non-hydrogen) atoms. The molecule has 0 aromatic heterocycles. The minimum absolute atomic E-state index is 0.394. The molecule has 130 valence electrons. The first-order valence-corrected chi connectivity index (χ1v) is 7.77. The van der Waals surface area contributed by atoms with E-state index in [1.807, 2.05) is 48.5 Å². The van der Waals surface area contributed by atoms with Crippen molar-refractivity contribution in [1.29, 1.82) is 0 Å². The van der Waals surface area contributed by atoms with E-state index in [1.165, 1.54) is 7.11 Å². The Morgan fingerprint density at radius 3 is 2.36 bits per heavy atom. The fourth-order valence-electron chi connectivity index (χ4n) is 2.65. The summed E-state index contributed by atoms with van der Waals surface area (Å²) in [5.41, 5.74) is 1.56. The van der Waals surface area contributed by atoms with Gasteiger partial charge in [0.2, 0.25) is 5.90 Å². The van der Waals surface area contributed by atoms with Crippen LogP contribution in [0.15, 0.2) is 53.5 Å². The van der Waals surface area contributed by atoms with E-state index in [1.54, 1.807) is 14.2 Å². The van der Waals surface area contributed by atoms with Gasteiger partial charge in [0, 0.05) is 5.56 Å². The van der Waals surface area contributed by atoms with Gasteiger partial charge in [-0.05, 0) is 42.0 Å². The first kappa shape index (κ1) is 16.8. The van der Waals surface area contributed by atoms with Crippen LogP contribution in [0.2, 0.25) is 0 Å². The van der Waals surface area contributed by atoms with Gasteiger partial charge in [-0.25, -0.2) is 9.79 Å². The summed E-state index contributed by atoms with van der Waals surface area (Å²) in [6.07, 6.45) is -0.570. The molecule has 1 heterocycles. The average molecular weight is 341 g/mol. The second-order valence-corrected chi connectivity index (χ2v) is 5.45. The minimum atomic E-state index is -0.769. The van der Waals surface area contributed by atoms with Crippen molar-refractivity contribution in [1.82, 2.24) is 0 Å². The Bertz CT molecular complexity index is 785. The zero-order chi connectivity index (χ0) is 17.8. The van der Waals surface area contributed by atoms with E-state index in [2.05, 4.69) is 4.99 Å². The van der Waals surface area contributed by atoms with Gasteiger partial charge in [0.05, 0.1) is 21.3 Å². The zero-order valence-electron chi connectivity index (χ0n) is 14.3. The fraction of sp³-hybridized carbons (Fsp3) is 0.263.